The van der Waals surface area contributed by atoms with Crippen LogP contribution in [-0.4, -0.2) is 55.8 Å². The number of hydrogen-bond acceptors (Lipinski definition) is 6. The van der Waals surface area contributed by atoms with Gasteiger partial charge in [0.2, 0.25) is 5.91 Å². The number of para-hydroxylation sites is 1. The van der Waals surface area contributed by atoms with Crippen LogP contribution < -0.4 is 20.2 Å². The summed E-state index contributed by atoms with van der Waals surface area (Å²) in [5.74, 6) is 1.22. The van der Waals surface area contributed by atoms with Crippen LogP contribution in [0.15, 0.2) is 53.6 Å². The van der Waals surface area contributed by atoms with E-state index in [0.29, 0.717) is 24.7 Å². The molecule has 2 aromatic carbocycles. The lowest BCUT2D eigenvalue weighted by molar-refractivity contribution is -0.130. The zero-order chi connectivity index (χ0) is 22.0. The van der Waals surface area contributed by atoms with Gasteiger partial charge in [0.15, 0.2) is 0 Å². The van der Waals surface area contributed by atoms with Crippen molar-refractivity contribution in [3.63, 3.8) is 0 Å². The lowest BCUT2D eigenvalue weighted by atomic mass is 9.91. The Morgan fingerprint density at radius 3 is 2.29 bits per heavy atom. The Bertz CT molecular complexity index is 980. The maximum atomic E-state index is 12.9. The average Bonchev–Trinajstić information content (AvgIpc) is 3.22. The number of carbonyl (C=O) groups is 2. The Balaban J connectivity index is 1.40. The number of carbonyl (C=O) groups excluding carboxylic acids is 2. The predicted molar refractivity (Wildman–Crippen MR) is 117 cm³/mol. The minimum Gasteiger partial charge on any atom is -0.497 e. The van der Waals surface area contributed by atoms with Crippen LogP contribution in [0.25, 0.3) is 0 Å². The third-order valence-corrected chi connectivity index (χ3v) is 5.69. The fourth-order valence-corrected chi connectivity index (χ4v) is 4.04. The molecule has 2 amide bonds. The highest BCUT2D eigenvalue weighted by molar-refractivity contribution is 6.40. The Morgan fingerprint density at radius 2 is 1.71 bits per heavy atom. The van der Waals surface area contributed by atoms with Gasteiger partial charge in [0.05, 0.1) is 19.9 Å². The molecule has 0 aliphatic carbocycles. The van der Waals surface area contributed by atoms with E-state index in [0.717, 1.165) is 29.2 Å². The van der Waals surface area contributed by atoms with Crippen LogP contribution in [0.5, 0.6) is 11.5 Å². The second kappa shape index (κ2) is 8.67. The predicted octanol–water partition coefficient (Wildman–Crippen LogP) is 1.82. The number of primary amides is 1. The molecule has 31 heavy (non-hydrogen) atoms. The summed E-state index contributed by atoms with van der Waals surface area (Å²) in [5, 5.41) is 5.99. The number of methoxy groups -OCH3 is 2. The third-order valence-electron chi connectivity index (χ3n) is 5.69. The number of nitrogens with zero attached hydrogens (tertiary/aromatic N) is 3. The molecule has 2 aromatic rings. The van der Waals surface area contributed by atoms with E-state index < -0.39 is 11.9 Å². The number of hydrazone groups is 1. The van der Waals surface area contributed by atoms with Crippen LogP contribution in [0.1, 0.15) is 12.0 Å². The Morgan fingerprint density at radius 1 is 1.06 bits per heavy atom. The minimum atomic E-state index is -0.650. The molecule has 2 aliphatic heterocycles. The molecule has 1 fully saturated rings. The van der Waals surface area contributed by atoms with Crippen molar-refractivity contribution in [3.8, 4) is 11.5 Å². The van der Waals surface area contributed by atoms with E-state index in [1.54, 1.807) is 24.1 Å². The fraction of sp³-hybridized carbons (Fsp3) is 0.348. The molecule has 0 radical (unpaired) electrons. The molecule has 0 bridgehead atoms. The van der Waals surface area contributed by atoms with Crippen LogP contribution in [0.2, 0.25) is 0 Å². The molecule has 0 spiro atoms. The highest BCUT2D eigenvalue weighted by Crippen LogP contribution is 2.29. The zero-order valence-electron chi connectivity index (χ0n) is 17.7. The lowest BCUT2D eigenvalue weighted by Crippen LogP contribution is -2.53. The molecule has 8 heteroatoms. The molecular formula is C23H26N4O4. The number of rotatable bonds is 7. The molecule has 0 saturated carbocycles. The molecule has 0 unspecified atom stereocenters. The first-order valence-electron chi connectivity index (χ1n) is 10.2. The molecule has 8 nitrogen and oxygen atoms in total. The topological polar surface area (TPSA) is 97.5 Å². The van der Waals surface area contributed by atoms with Crippen molar-refractivity contribution in [3.05, 3.63) is 54.1 Å². The van der Waals surface area contributed by atoms with Gasteiger partial charge in [-0.05, 0) is 42.2 Å². The van der Waals surface area contributed by atoms with Crippen molar-refractivity contribution in [1.29, 1.82) is 0 Å². The summed E-state index contributed by atoms with van der Waals surface area (Å²) in [6.45, 7) is 1.29. The Hall–Kier alpha value is -3.55. The Labute approximate surface area is 181 Å². The number of benzene rings is 2. The summed E-state index contributed by atoms with van der Waals surface area (Å²) >= 11 is 0. The van der Waals surface area contributed by atoms with Crippen LogP contribution in [0.3, 0.4) is 0 Å². The number of anilines is 1. The minimum absolute atomic E-state index is 0.135. The molecule has 162 valence electrons. The van der Waals surface area contributed by atoms with Crippen molar-refractivity contribution >= 4 is 23.2 Å². The smallest absolute Gasteiger partial charge is 0.270 e. The summed E-state index contributed by atoms with van der Waals surface area (Å²) in [6, 6.07) is 14.4. The van der Waals surface area contributed by atoms with E-state index in [1.807, 2.05) is 48.5 Å². The van der Waals surface area contributed by atoms with E-state index >= 15 is 0 Å². The van der Waals surface area contributed by atoms with E-state index in [9.17, 15) is 9.59 Å². The number of nitrogens with two attached hydrogens (primary N) is 1. The quantitative estimate of drug-likeness (QED) is 0.734. The number of amides is 2. The van der Waals surface area contributed by atoms with Crippen LogP contribution in [0, 0.1) is 5.92 Å². The standard InChI is InChI=1S/C23H26N4O4/c1-30-18-9-15(10-19(11-18)31-2)8-16-13-26(14-16)23(29)20-12-21(22(24)28)27(25-20)17-6-4-3-5-7-17/h3-7,9-11,16,21H,8,12-14H2,1-2H3,(H2,24,28)/t21-/m0/s1. The molecule has 1 atom stereocenters. The highest BCUT2D eigenvalue weighted by Gasteiger charge is 2.39. The number of likely N-dealkylation sites (tertiary alicyclic amines) is 1. The largest absolute Gasteiger partial charge is 0.497 e. The lowest BCUT2D eigenvalue weighted by Gasteiger charge is -2.39. The van der Waals surface area contributed by atoms with Crippen molar-refractivity contribution in [2.75, 3.05) is 32.3 Å². The van der Waals surface area contributed by atoms with E-state index in [4.69, 9.17) is 15.2 Å². The first kappa shape index (κ1) is 20.7. The molecule has 4 rings (SSSR count). The number of hydrogen-bond donors (Lipinski definition) is 1. The van der Waals surface area contributed by atoms with Gasteiger partial charge in [0.25, 0.3) is 5.91 Å². The second-order valence-corrected chi connectivity index (χ2v) is 7.85. The monoisotopic (exact) mass is 422 g/mol. The summed E-state index contributed by atoms with van der Waals surface area (Å²) in [5.41, 5.74) is 7.78. The zero-order valence-corrected chi connectivity index (χ0v) is 17.7. The molecule has 2 heterocycles. The van der Waals surface area contributed by atoms with Gasteiger partial charge in [-0.3, -0.25) is 14.6 Å². The third kappa shape index (κ3) is 4.33. The average molecular weight is 422 g/mol. The van der Waals surface area contributed by atoms with Gasteiger partial charge in [0.1, 0.15) is 23.3 Å². The molecule has 0 aromatic heterocycles. The molecular weight excluding hydrogens is 396 g/mol. The van der Waals surface area contributed by atoms with Crippen molar-refractivity contribution in [1.82, 2.24) is 4.90 Å². The van der Waals surface area contributed by atoms with Gasteiger partial charge in [-0.15, -0.1) is 0 Å². The van der Waals surface area contributed by atoms with Gasteiger partial charge < -0.3 is 20.1 Å². The van der Waals surface area contributed by atoms with Crippen molar-refractivity contribution in [2.45, 2.75) is 18.9 Å². The molecule has 2 aliphatic rings. The van der Waals surface area contributed by atoms with Gasteiger partial charge in [0, 0.05) is 25.6 Å². The maximum Gasteiger partial charge on any atom is 0.270 e. The first-order chi connectivity index (χ1) is 15.0. The van der Waals surface area contributed by atoms with E-state index in [1.165, 1.54) is 0 Å². The summed E-state index contributed by atoms with van der Waals surface area (Å²) in [6.07, 6.45) is 1.04. The Kier molecular flexibility index (Phi) is 5.79. The summed E-state index contributed by atoms with van der Waals surface area (Å²) < 4.78 is 10.7. The second-order valence-electron chi connectivity index (χ2n) is 7.85. The van der Waals surface area contributed by atoms with Crippen LogP contribution in [0.4, 0.5) is 5.69 Å². The van der Waals surface area contributed by atoms with Gasteiger partial charge in [-0.2, -0.15) is 5.10 Å². The summed E-state index contributed by atoms with van der Waals surface area (Å²) in [7, 11) is 3.26. The van der Waals surface area contributed by atoms with E-state index in [2.05, 4.69) is 5.10 Å². The molecule has 2 N–H and O–H groups in total. The van der Waals surface area contributed by atoms with Crippen molar-refractivity contribution in [2.24, 2.45) is 16.8 Å². The maximum absolute atomic E-state index is 12.9. The van der Waals surface area contributed by atoms with Crippen molar-refractivity contribution < 1.29 is 19.1 Å². The fourth-order valence-electron chi connectivity index (χ4n) is 4.04. The van der Waals surface area contributed by atoms with E-state index in [-0.39, 0.29) is 12.3 Å². The van der Waals surface area contributed by atoms with Gasteiger partial charge >= 0.3 is 0 Å². The van der Waals surface area contributed by atoms with Crippen LogP contribution >= 0.6 is 0 Å². The van der Waals surface area contributed by atoms with Gasteiger partial charge in [-0.25, -0.2) is 0 Å². The number of ether oxygens (including phenoxy) is 2. The van der Waals surface area contributed by atoms with Crippen LogP contribution in [-0.2, 0) is 16.0 Å². The normalized spacial score (nSPS) is 18.4. The SMILES string of the molecule is COc1cc(CC2CN(C(=O)C3=NN(c4ccccc4)[C@H](C(N)=O)C3)C2)cc(OC)c1. The summed E-state index contributed by atoms with van der Waals surface area (Å²) in [4.78, 5) is 26.6. The molecule has 1 saturated heterocycles. The first-order valence-corrected chi connectivity index (χ1v) is 10.2. The highest BCUT2D eigenvalue weighted by atomic mass is 16.5. The van der Waals surface area contributed by atoms with Gasteiger partial charge in [-0.1, -0.05) is 18.2 Å².